The average molecular weight is 248 g/mol. The monoisotopic (exact) mass is 248 g/mol. The molecule has 98 valence electrons. The zero-order chi connectivity index (χ0) is 13.2. The number of H-pyrrole nitrogens is 1. The molecule has 0 atom stereocenters. The number of carbonyl (C=O) groups excluding carboxylic acids is 1. The number of hydrogen-bond acceptors (Lipinski definition) is 2. The molecule has 1 fully saturated rings. The summed E-state index contributed by atoms with van der Waals surface area (Å²) in [5.41, 5.74) is 0.528. The smallest absolute Gasteiger partial charge is 0.270 e. The summed E-state index contributed by atoms with van der Waals surface area (Å²) in [5, 5.41) is 0. The molecule has 1 amide bonds. The minimum Gasteiger partial charge on any atom is -0.337 e. The van der Waals surface area contributed by atoms with Gasteiger partial charge in [-0.1, -0.05) is 26.3 Å². The van der Waals surface area contributed by atoms with Gasteiger partial charge in [-0.05, 0) is 24.3 Å². The van der Waals surface area contributed by atoms with E-state index in [-0.39, 0.29) is 11.5 Å². The summed E-state index contributed by atoms with van der Waals surface area (Å²) in [5.74, 6) is -0.0640. The second kappa shape index (κ2) is 4.96. The average Bonchev–Trinajstić information content (AvgIpc) is 2.39. The van der Waals surface area contributed by atoms with Crippen LogP contribution in [-0.2, 0) is 0 Å². The van der Waals surface area contributed by atoms with E-state index in [0.717, 1.165) is 32.4 Å². The maximum Gasteiger partial charge on any atom is 0.270 e. The largest absolute Gasteiger partial charge is 0.337 e. The van der Waals surface area contributed by atoms with Crippen LogP contribution in [0.4, 0.5) is 0 Å². The highest BCUT2D eigenvalue weighted by molar-refractivity contribution is 5.92. The second-order valence-electron chi connectivity index (χ2n) is 5.39. The Morgan fingerprint density at radius 3 is 2.61 bits per heavy atom. The Balaban J connectivity index is 2.06. The minimum absolute atomic E-state index is 0.0640. The fourth-order valence-corrected chi connectivity index (χ4v) is 2.35. The van der Waals surface area contributed by atoms with E-state index >= 15 is 0 Å². The Kier molecular flexibility index (Phi) is 3.55. The van der Waals surface area contributed by atoms with E-state index in [9.17, 15) is 9.59 Å². The van der Waals surface area contributed by atoms with Gasteiger partial charge in [-0.25, -0.2) is 0 Å². The van der Waals surface area contributed by atoms with Crippen molar-refractivity contribution in [3.05, 3.63) is 34.2 Å². The number of hydrogen-bond donors (Lipinski definition) is 1. The van der Waals surface area contributed by atoms with Crippen LogP contribution in [0.25, 0.3) is 0 Å². The van der Waals surface area contributed by atoms with E-state index in [1.807, 2.05) is 4.90 Å². The van der Waals surface area contributed by atoms with Crippen LogP contribution in [-0.4, -0.2) is 28.9 Å². The fraction of sp³-hybridized carbons (Fsp3) is 0.571. The highest BCUT2D eigenvalue weighted by atomic mass is 16.2. The van der Waals surface area contributed by atoms with Crippen molar-refractivity contribution >= 4 is 5.91 Å². The van der Waals surface area contributed by atoms with Gasteiger partial charge in [0, 0.05) is 19.2 Å². The second-order valence-corrected chi connectivity index (χ2v) is 5.39. The lowest BCUT2D eigenvalue weighted by atomic mass is 9.78. The van der Waals surface area contributed by atoms with Gasteiger partial charge in [-0.3, -0.25) is 9.59 Å². The number of amides is 1. The summed E-state index contributed by atoms with van der Waals surface area (Å²) in [6, 6.07) is 4.70. The van der Waals surface area contributed by atoms with Gasteiger partial charge in [-0.2, -0.15) is 0 Å². The lowest BCUT2D eigenvalue weighted by Crippen LogP contribution is -2.42. The van der Waals surface area contributed by atoms with Gasteiger partial charge in [0.2, 0.25) is 5.56 Å². The van der Waals surface area contributed by atoms with Crippen molar-refractivity contribution in [2.24, 2.45) is 5.41 Å². The lowest BCUT2D eigenvalue weighted by molar-refractivity contribution is 0.0594. The molecule has 1 N–H and O–H groups in total. The van der Waals surface area contributed by atoms with E-state index in [1.165, 1.54) is 6.07 Å². The van der Waals surface area contributed by atoms with Crippen molar-refractivity contribution < 1.29 is 4.79 Å². The molecule has 1 aromatic heterocycles. The maximum atomic E-state index is 12.2. The van der Waals surface area contributed by atoms with E-state index in [1.54, 1.807) is 12.1 Å². The molecule has 0 radical (unpaired) electrons. The Morgan fingerprint density at radius 2 is 2.06 bits per heavy atom. The Hall–Kier alpha value is -1.58. The van der Waals surface area contributed by atoms with Crippen molar-refractivity contribution in [2.75, 3.05) is 13.1 Å². The summed E-state index contributed by atoms with van der Waals surface area (Å²) >= 11 is 0. The summed E-state index contributed by atoms with van der Waals surface area (Å²) in [4.78, 5) is 27.8. The van der Waals surface area contributed by atoms with Crippen LogP contribution in [0, 0.1) is 5.41 Å². The molecule has 0 saturated carbocycles. The molecular formula is C14H20N2O2. The molecule has 1 aliphatic heterocycles. The molecule has 2 heterocycles. The first-order valence-corrected chi connectivity index (χ1v) is 6.53. The number of carbonyl (C=O) groups is 1. The molecule has 0 aliphatic carbocycles. The minimum atomic E-state index is -0.226. The van der Waals surface area contributed by atoms with Gasteiger partial charge in [-0.15, -0.1) is 0 Å². The topological polar surface area (TPSA) is 53.2 Å². The van der Waals surface area contributed by atoms with Crippen molar-refractivity contribution in [2.45, 2.75) is 33.1 Å². The predicted molar refractivity (Wildman–Crippen MR) is 70.6 cm³/mol. The van der Waals surface area contributed by atoms with Crippen molar-refractivity contribution in [3.8, 4) is 0 Å². The Morgan fingerprint density at radius 1 is 1.39 bits per heavy atom. The molecule has 0 bridgehead atoms. The van der Waals surface area contributed by atoms with Gasteiger partial charge in [0.1, 0.15) is 5.69 Å². The SMILES string of the molecule is CCC1(C)CCN(C(=O)c2cccc(=O)[nH]2)CC1. The molecule has 4 heteroatoms. The van der Waals surface area contributed by atoms with Crippen LogP contribution in [0.5, 0.6) is 0 Å². The van der Waals surface area contributed by atoms with Crippen molar-refractivity contribution in [1.82, 2.24) is 9.88 Å². The first-order valence-electron chi connectivity index (χ1n) is 6.53. The first kappa shape index (κ1) is 12.9. The number of nitrogens with one attached hydrogen (secondary N) is 1. The highest BCUT2D eigenvalue weighted by Gasteiger charge is 2.30. The van der Waals surface area contributed by atoms with Crippen LogP contribution in [0.2, 0.25) is 0 Å². The van der Waals surface area contributed by atoms with Gasteiger partial charge >= 0.3 is 0 Å². The van der Waals surface area contributed by atoms with Crippen LogP contribution < -0.4 is 5.56 Å². The number of piperidine rings is 1. The number of aromatic nitrogens is 1. The van der Waals surface area contributed by atoms with Crippen molar-refractivity contribution in [3.63, 3.8) is 0 Å². The van der Waals surface area contributed by atoms with Gasteiger partial charge in [0.25, 0.3) is 5.91 Å². The number of rotatable bonds is 2. The number of aromatic amines is 1. The van der Waals surface area contributed by atoms with E-state index < -0.39 is 0 Å². The molecule has 0 spiro atoms. The van der Waals surface area contributed by atoms with Gasteiger partial charge < -0.3 is 9.88 Å². The van der Waals surface area contributed by atoms with E-state index in [2.05, 4.69) is 18.8 Å². The molecular weight excluding hydrogens is 228 g/mol. The number of pyridine rings is 1. The highest BCUT2D eigenvalue weighted by Crippen LogP contribution is 2.34. The van der Waals surface area contributed by atoms with Gasteiger partial charge in [0.15, 0.2) is 0 Å². The predicted octanol–water partition coefficient (Wildman–Crippen LogP) is 2.03. The zero-order valence-corrected chi connectivity index (χ0v) is 11.0. The van der Waals surface area contributed by atoms with E-state index in [4.69, 9.17) is 0 Å². The molecule has 18 heavy (non-hydrogen) atoms. The molecule has 1 saturated heterocycles. The molecule has 1 aliphatic rings. The fourth-order valence-electron chi connectivity index (χ4n) is 2.35. The Labute approximate surface area is 107 Å². The molecule has 1 aromatic rings. The lowest BCUT2D eigenvalue weighted by Gasteiger charge is -2.38. The molecule has 2 rings (SSSR count). The standard InChI is InChI=1S/C14H20N2O2/c1-3-14(2)7-9-16(10-8-14)13(18)11-5-4-6-12(17)15-11/h4-6H,3,7-10H2,1-2H3,(H,15,17). The summed E-state index contributed by atoms with van der Waals surface area (Å²) in [6.07, 6.45) is 3.22. The van der Waals surface area contributed by atoms with Crippen LogP contribution in [0.1, 0.15) is 43.6 Å². The molecule has 0 unspecified atom stereocenters. The number of nitrogens with zero attached hydrogens (tertiary/aromatic N) is 1. The quantitative estimate of drug-likeness (QED) is 0.870. The van der Waals surface area contributed by atoms with Crippen molar-refractivity contribution in [1.29, 1.82) is 0 Å². The summed E-state index contributed by atoms with van der Waals surface area (Å²) in [6.45, 7) is 6.03. The maximum absolute atomic E-state index is 12.2. The first-order chi connectivity index (χ1) is 8.54. The summed E-state index contributed by atoms with van der Waals surface area (Å²) in [7, 11) is 0. The third-order valence-electron chi connectivity index (χ3n) is 4.11. The molecule has 4 nitrogen and oxygen atoms in total. The normalized spacial score (nSPS) is 18.7. The Bertz CT molecular complexity index is 485. The summed E-state index contributed by atoms with van der Waals surface area (Å²) < 4.78 is 0. The third-order valence-corrected chi connectivity index (χ3v) is 4.11. The third kappa shape index (κ3) is 2.63. The zero-order valence-electron chi connectivity index (χ0n) is 11.0. The van der Waals surface area contributed by atoms with E-state index in [0.29, 0.717) is 11.1 Å². The number of likely N-dealkylation sites (tertiary alicyclic amines) is 1. The van der Waals surface area contributed by atoms with Crippen LogP contribution >= 0.6 is 0 Å². The van der Waals surface area contributed by atoms with Crippen LogP contribution in [0.15, 0.2) is 23.0 Å². The van der Waals surface area contributed by atoms with Crippen LogP contribution in [0.3, 0.4) is 0 Å². The molecule has 0 aromatic carbocycles. The van der Waals surface area contributed by atoms with Gasteiger partial charge in [0.05, 0.1) is 0 Å².